The van der Waals surface area contributed by atoms with Gasteiger partial charge >= 0.3 is 5.97 Å². The predicted molar refractivity (Wildman–Crippen MR) is 141 cm³/mol. The number of aliphatic carboxylic acids is 1. The lowest BCUT2D eigenvalue weighted by Gasteiger charge is -2.25. The molecule has 2 atom stereocenters. The molecule has 0 aliphatic rings. The molecule has 0 saturated heterocycles. The summed E-state index contributed by atoms with van der Waals surface area (Å²) in [6.07, 6.45) is 1.15. The third-order valence-corrected chi connectivity index (χ3v) is 6.08. The molecule has 0 spiro atoms. The summed E-state index contributed by atoms with van der Waals surface area (Å²) in [5.74, 6) is 1.52. The van der Waals surface area contributed by atoms with E-state index in [0.29, 0.717) is 37.4 Å². The second-order valence-corrected chi connectivity index (χ2v) is 10.2. The summed E-state index contributed by atoms with van der Waals surface area (Å²) < 4.78 is 12.0. The van der Waals surface area contributed by atoms with E-state index in [0.717, 1.165) is 29.0 Å². The lowest BCUT2D eigenvalue weighted by Crippen LogP contribution is -2.33. The van der Waals surface area contributed by atoms with Crippen molar-refractivity contribution in [3.8, 4) is 17.2 Å². The first-order chi connectivity index (χ1) is 17.2. The van der Waals surface area contributed by atoms with E-state index >= 15 is 0 Å². The predicted octanol–water partition coefficient (Wildman–Crippen LogP) is 5.50. The van der Waals surface area contributed by atoms with Gasteiger partial charge in [-0.05, 0) is 47.9 Å². The monoisotopic (exact) mass is 494 g/mol. The molecule has 1 aromatic heterocycles. The van der Waals surface area contributed by atoms with Crippen LogP contribution in [0.4, 0.5) is 5.69 Å². The summed E-state index contributed by atoms with van der Waals surface area (Å²) in [5, 5.41) is 23.8. The maximum absolute atomic E-state index is 10.6. The Hall–Kier alpha value is -3.39. The van der Waals surface area contributed by atoms with Crippen molar-refractivity contribution in [1.29, 1.82) is 0 Å². The van der Waals surface area contributed by atoms with E-state index in [1.54, 1.807) is 0 Å². The quantitative estimate of drug-likeness (QED) is 0.267. The first-order valence-electron chi connectivity index (χ1n) is 12.5. The van der Waals surface area contributed by atoms with Crippen molar-refractivity contribution in [2.75, 3.05) is 18.5 Å². The van der Waals surface area contributed by atoms with Crippen molar-refractivity contribution < 1.29 is 19.1 Å². The van der Waals surface area contributed by atoms with E-state index in [9.17, 15) is 4.79 Å². The molecular formula is C28H38N4O4. The first-order valence-corrected chi connectivity index (χ1v) is 12.5. The van der Waals surface area contributed by atoms with Crippen LogP contribution < -0.4 is 15.4 Å². The normalized spacial score (nSPS) is 13.2. The molecule has 8 heteroatoms. The van der Waals surface area contributed by atoms with Crippen molar-refractivity contribution in [2.24, 2.45) is 5.92 Å². The van der Waals surface area contributed by atoms with Gasteiger partial charge in [-0.25, -0.2) is 0 Å². The van der Waals surface area contributed by atoms with Crippen molar-refractivity contribution >= 4 is 11.7 Å². The second kappa shape index (κ2) is 12.5. The third-order valence-electron chi connectivity index (χ3n) is 6.08. The molecule has 0 aliphatic heterocycles. The molecule has 0 unspecified atom stereocenters. The van der Waals surface area contributed by atoms with E-state index < -0.39 is 5.97 Å². The van der Waals surface area contributed by atoms with Crippen LogP contribution in [0.25, 0.3) is 11.5 Å². The molecule has 2 aromatic carbocycles. The Morgan fingerprint density at radius 2 is 1.78 bits per heavy atom. The van der Waals surface area contributed by atoms with Gasteiger partial charge in [-0.1, -0.05) is 53.2 Å². The van der Waals surface area contributed by atoms with Gasteiger partial charge in [0.15, 0.2) is 0 Å². The highest BCUT2D eigenvalue weighted by Gasteiger charge is 2.22. The van der Waals surface area contributed by atoms with Gasteiger partial charge in [0.1, 0.15) is 12.4 Å². The number of hydrogen-bond acceptors (Lipinski definition) is 7. The van der Waals surface area contributed by atoms with Gasteiger partial charge in [0.2, 0.25) is 11.8 Å². The fraction of sp³-hybridized carbons (Fsp3) is 0.464. The minimum atomic E-state index is -0.794. The standard InChI is InChI=1S/C28H38N4O4/c1-6-19(2)24(30-22-11-7-20(8-12-22)17-29-16-15-25(33)34)18-35-23-13-9-21(10-14-23)26-31-32-27(36-26)28(3,4)5/h7-14,19,24,29-30H,6,15-18H2,1-5H3,(H,33,34)/t19-,24+/m0/s1. The maximum Gasteiger partial charge on any atom is 0.304 e. The van der Waals surface area contributed by atoms with Crippen LogP contribution in [0.1, 0.15) is 58.9 Å². The molecule has 0 fully saturated rings. The summed E-state index contributed by atoms with van der Waals surface area (Å²) in [4.78, 5) is 10.6. The number of benzene rings is 2. The van der Waals surface area contributed by atoms with Gasteiger partial charge in [-0.15, -0.1) is 10.2 Å². The molecule has 36 heavy (non-hydrogen) atoms. The molecule has 194 valence electrons. The van der Waals surface area contributed by atoms with Crippen molar-refractivity contribution in [3.05, 3.63) is 60.0 Å². The zero-order valence-electron chi connectivity index (χ0n) is 21.9. The second-order valence-electron chi connectivity index (χ2n) is 10.2. The van der Waals surface area contributed by atoms with E-state index in [1.165, 1.54) is 0 Å². The average molecular weight is 495 g/mol. The zero-order valence-corrected chi connectivity index (χ0v) is 21.9. The van der Waals surface area contributed by atoms with Crippen molar-refractivity contribution in [2.45, 2.75) is 65.5 Å². The van der Waals surface area contributed by atoms with Crippen LogP contribution in [-0.4, -0.2) is 40.5 Å². The SMILES string of the molecule is CC[C@H](C)[C@@H](COc1ccc(-c2nnc(C(C)(C)C)o2)cc1)Nc1ccc(CNCCC(=O)O)cc1. The van der Waals surface area contributed by atoms with Crippen LogP contribution in [-0.2, 0) is 16.8 Å². The number of carboxylic acids is 1. The lowest BCUT2D eigenvalue weighted by molar-refractivity contribution is -0.136. The molecule has 3 N–H and O–H groups in total. The number of hydrogen-bond donors (Lipinski definition) is 3. The number of ether oxygens (including phenoxy) is 1. The van der Waals surface area contributed by atoms with Crippen LogP contribution >= 0.6 is 0 Å². The molecule has 0 bridgehead atoms. The highest BCUT2D eigenvalue weighted by atomic mass is 16.5. The molecule has 8 nitrogen and oxygen atoms in total. The topological polar surface area (TPSA) is 110 Å². The maximum atomic E-state index is 10.6. The highest BCUT2D eigenvalue weighted by Crippen LogP contribution is 2.27. The number of anilines is 1. The fourth-order valence-corrected chi connectivity index (χ4v) is 3.52. The molecule has 0 amide bonds. The number of rotatable bonds is 13. The van der Waals surface area contributed by atoms with Gasteiger partial charge in [-0.3, -0.25) is 4.79 Å². The Labute approximate surface area is 213 Å². The first kappa shape index (κ1) is 27.2. The van der Waals surface area contributed by atoms with Crippen LogP contribution in [0.2, 0.25) is 0 Å². The summed E-state index contributed by atoms with van der Waals surface area (Å²) in [6, 6.07) is 16.1. The van der Waals surface area contributed by atoms with E-state index in [1.807, 2.05) is 57.2 Å². The third kappa shape index (κ3) is 8.09. The van der Waals surface area contributed by atoms with Crippen molar-refractivity contribution in [1.82, 2.24) is 15.5 Å². The van der Waals surface area contributed by atoms with E-state index in [-0.39, 0.29) is 17.9 Å². The molecule has 0 aliphatic carbocycles. The van der Waals surface area contributed by atoms with E-state index in [2.05, 4.69) is 46.8 Å². The van der Waals surface area contributed by atoms with E-state index in [4.69, 9.17) is 14.3 Å². The Kier molecular flexibility index (Phi) is 9.47. The van der Waals surface area contributed by atoms with Crippen LogP contribution in [0.3, 0.4) is 0 Å². The zero-order chi connectivity index (χ0) is 26.1. The summed E-state index contributed by atoms with van der Waals surface area (Å²) in [6.45, 7) is 12.1. The number of aromatic nitrogens is 2. The van der Waals surface area contributed by atoms with Gasteiger partial charge in [0, 0.05) is 29.8 Å². The van der Waals surface area contributed by atoms with Crippen LogP contribution in [0.15, 0.2) is 52.9 Å². The number of nitrogens with zero attached hydrogens (tertiary/aromatic N) is 2. The Bertz CT molecular complexity index is 1090. The smallest absolute Gasteiger partial charge is 0.304 e. The molecule has 3 aromatic rings. The molecule has 1 heterocycles. The summed E-state index contributed by atoms with van der Waals surface area (Å²) in [5.41, 5.74) is 2.81. The van der Waals surface area contributed by atoms with Gasteiger partial charge in [0.05, 0.1) is 12.5 Å². The minimum absolute atomic E-state index is 0.119. The lowest BCUT2D eigenvalue weighted by atomic mass is 9.97. The molecule has 3 rings (SSSR count). The van der Waals surface area contributed by atoms with Crippen LogP contribution in [0.5, 0.6) is 5.75 Å². The Morgan fingerprint density at radius 3 is 2.36 bits per heavy atom. The van der Waals surface area contributed by atoms with Gasteiger partial charge in [0.25, 0.3) is 0 Å². The fourth-order valence-electron chi connectivity index (χ4n) is 3.52. The molecule has 0 radical (unpaired) electrons. The highest BCUT2D eigenvalue weighted by molar-refractivity contribution is 5.66. The number of carbonyl (C=O) groups is 1. The van der Waals surface area contributed by atoms with Crippen LogP contribution in [0, 0.1) is 5.92 Å². The van der Waals surface area contributed by atoms with Gasteiger partial charge in [-0.2, -0.15) is 0 Å². The average Bonchev–Trinajstić information content (AvgIpc) is 3.36. The molecular weight excluding hydrogens is 456 g/mol. The largest absolute Gasteiger partial charge is 0.491 e. The summed E-state index contributed by atoms with van der Waals surface area (Å²) >= 11 is 0. The minimum Gasteiger partial charge on any atom is -0.491 e. The number of nitrogens with one attached hydrogen (secondary N) is 2. The Balaban J connectivity index is 1.55. The number of carboxylic acid groups (broad SMARTS) is 1. The van der Waals surface area contributed by atoms with Crippen molar-refractivity contribution in [3.63, 3.8) is 0 Å². The summed E-state index contributed by atoms with van der Waals surface area (Å²) in [7, 11) is 0. The Morgan fingerprint density at radius 1 is 1.08 bits per heavy atom. The molecule has 0 saturated carbocycles. The van der Waals surface area contributed by atoms with Gasteiger partial charge < -0.3 is 24.9 Å².